The van der Waals surface area contributed by atoms with Crippen molar-refractivity contribution in [2.24, 2.45) is 33.5 Å². The molecule has 9 nitrogen and oxygen atoms in total. The molecule has 3 aliphatic carbocycles. The SMILES string of the molecule is C/C=C(\C)C(=O)O[C@@H]1[C@@H]2OC[C@]3(C)C=C[C@]4(O)O[C@@H](OC)[C@H]([C@]1(C)[C@@]15O[C@@H]1C[C@@H](c1ccoc1)[C@]5(C)C=O)[C@]4(C)[C@@H]23. The van der Waals surface area contributed by atoms with Gasteiger partial charge in [0.1, 0.15) is 18.0 Å². The number of furan rings is 1. The van der Waals surface area contributed by atoms with Crippen LogP contribution in [0.15, 0.2) is 46.8 Å². The van der Waals surface area contributed by atoms with E-state index in [4.69, 9.17) is 28.1 Å². The van der Waals surface area contributed by atoms with Crippen LogP contribution < -0.4 is 0 Å². The van der Waals surface area contributed by atoms with Gasteiger partial charge in [-0.2, -0.15) is 0 Å². The maximum absolute atomic E-state index is 13.6. The number of epoxide rings is 1. The fourth-order valence-corrected chi connectivity index (χ4v) is 10.4. The molecule has 1 N–H and O–H groups in total. The first-order valence-corrected chi connectivity index (χ1v) is 14.6. The van der Waals surface area contributed by atoms with E-state index in [-0.39, 0.29) is 17.9 Å². The quantitative estimate of drug-likeness (QED) is 0.179. The molecular formula is C32H40O9. The van der Waals surface area contributed by atoms with E-state index < -0.39 is 63.4 Å². The van der Waals surface area contributed by atoms with E-state index in [0.717, 1.165) is 11.8 Å². The van der Waals surface area contributed by atoms with E-state index in [2.05, 4.69) is 6.92 Å². The van der Waals surface area contributed by atoms with Crippen LogP contribution in [0.5, 0.6) is 0 Å². The Morgan fingerprint density at radius 3 is 2.51 bits per heavy atom. The highest BCUT2D eigenvalue weighted by Crippen LogP contribution is 2.81. The number of carbonyl (C=O) groups is 2. The maximum Gasteiger partial charge on any atom is 0.333 e. The van der Waals surface area contributed by atoms with Crippen LogP contribution in [-0.4, -0.2) is 67.1 Å². The van der Waals surface area contributed by atoms with E-state index in [9.17, 15) is 14.7 Å². The average molecular weight is 569 g/mol. The highest BCUT2D eigenvalue weighted by atomic mass is 16.7. The second-order valence-corrected chi connectivity index (χ2v) is 13.9. The number of esters is 1. The minimum Gasteiger partial charge on any atom is -0.472 e. The molecular weight excluding hydrogens is 528 g/mol. The predicted molar refractivity (Wildman–Crippen MR) is 144 cm³/mol. The van der Waals surface area contributed by atoms with Gasteiger partial charge in [-0.25, -0.2) is 4.79 Å². The van der Waals surface area contributed by atoms with Gasteiger partial charge in [0.2, 0.25) is 0 Å². The number of methoxy groups -OCH3 is 1. The Hall–Kier alpha value is -2.30. The zero-order chi connectivity index (χ0) is 29.4. The molecule has 0 bridgehead atoms. The van der Waals surface area contributed by atoms with Crippen molar-refractivity contribution in [1.82, 2.24) is 0 Å². The normalized spacial score (nSPS) is 54.5. The van der Waals surface area contributed by atoms with Crippen LogP contribution in [-0.2, 0) is 33.3 Å². The van der Waals surface area contributed by atoms with E-state index in [1.807, 2.05) is 32.9 Å². The van der Waals surface area contributed by atoms with Gasteiger partial charge in [-0.3, -0.25) is 0 Å². The number of rotatable bonds is 6. The molecule has 3 saturated heterocycles. The molecule has 0 unspecified atom stereocenters. The molecule has 0 amide bonds. The van der Waals surface area contributed by atoms with Gasteiger partial charge >= 0.3 is 5.97 Å². The minimum absolute atomic E-state index is 0.184. The van der Waals surface area contributed by atoms with Crippen molar-refractivity contribution in [3.05, 3.63) is 48.0 Å². The molecule has 1 aromatic rings. The zero-order valence-corrected chi connectivity index (χ0v) is 24.7. The summed E-state index contributed by atoms with van der Waals surface area (Å²) in [7, 11) is 1.56. The molecule has 222 valence electrons. The third-order valence-corrected chi connectivity index (χ3v) is 12.4. The number of allylic oxidation sites excluding steroid dienone is 1. The molecule has 0 radical (unpaired) electrons. The summed E-state index contributed by atoms with van der Waals surface area (Å²) >= 11 is 0. The summed E-state index contributed by atoms with van der Waals surface area (Å²) in [6.45, 7) is 12.0. The number of hydrogen-bond acceptors (Lipinski definition) is 9. The Morgan fingerprint density at radius 2 is 1.88 bits per heavy atom. The van der Waals surface area contributed by atoms with E-state index in [1.165, 1.54) is 0 Å². The van der Waals surface area contributed by atoms with Crippen molar-refractivity contribution in [1.29, 1.82) is 0 Å². The second kappa shape index (κ2) is 8.20. The van der Waals surface area contributed by atoms with Crippen LogP contribution >= 0.6 is 0 Å². The summed E-state index contributed by atoms with van der Waals surface area (Å²) in [5, 5.41) is 12.2. The number of fused-ring (bicyclic) bond motifs is 1. The van der Waals surface area contributed by atoms with Gasteiger partial charge in [0.25, 0.3) is 0 Å². The maximum atomic E-state index is 13.6. The van der Waals surface area contributed by atoms with Crippen molar-refractivity contribution in [3.8, 4) is 0 Å². The molecule has 3 aliphatic heterocycles. The zero-order valence-electron chi connectivity index (χ0n) is 24.7. The van der Waals surface area contributed by atoms with E-state index >= 15 is 0 Å². The summed E-state index contributed by atoms with van der Waals surface area (Å²) in [6, 6.07) is 1.89. The summed E-state index contributed by atoms with van der Waals surface area (Å²) in [6.07, 6.45) is 7.76. The molecule has 2 saturated carbocycles. The molecule has 6 aliphatic rings. The summed E-state index contributed by atoms with van der Waals surface area (Å²) < 4.78 is 37.7. The molecule has 13 atom stereocenters. The Balaban J connectivity index is 1.49. The number of hydrogen-bond donors (Lipinski definition) is 1. The van der Waals surface area contributed by atoms with Crippen molar-refractivity contribution < 1.29 is 42.8 Å². The summed E-state index contributed by atoms with van der Waals surface area (Å²) in [5.41, 5.74) is -3.14. The van der Waals surface area contributed by atoms with Crippen LogP contribution in [0.25, 0.3) is 0 Å². The van der Waals surface area contributed by atoms with E-state index in [0.29, 0.717) is 18.6 Å². The van der Waals surface area contributed by atoms with Crippen LogP contribution in [0.4, 0.5) is 0 Å². The molecule has 9 heteroatoms. The van der Waals surface area contributed by atoms with Crippen molar-refractivity contribution >= 4 is 12.3 Å². The van der Waals surface area contributed by atoms with Crippen molar-refractivity contribution in [2.45, 2.75) is 89.9 Å². The fourth-order valence-electron chi connectivity index (χ4n) is 10.4. The van der Waals surface area contributed by atoms with Crippen molar-refractivity contribution in [2.75, 3.05) is 13.7 Å². The largest absolute Gasteiger partial charge is 0.472 e. The van der Waals surface area contributed by atoms with Crippen LogP contribution in [0, 0.1) is 33.5 Å². The first-order chi connectivity index (χ1) is 19.3. The van der Waals surface area contributed by atoms with Crippen LogP contribution in [0.2, 0.25) is 0 Å². The van der Waals surface area contributed by atoms with Gasteiger partial charge in [-0.1, -0.05) is 32.9 Å². The lowest BCUT2D eigenvalue weighted by atomic mass is 9.39. The Bertz CT molecular complexity index is 1350. The summed E-state index contributed by atoms with van der Waals surface area (Å²) in [5.74, 6) is -3.10. The fraction of sp³-hybridized carbons (Fsp3) is 0.688. The molecule has 0 spiro atoms. The first kappa shape index (κ1) is 27.5. The van der Waals surface area contributed by atoms with Gasteiger partial charge in [-0.05, 0) is 44.9 Å². The van der Waals surface area contributed by atoms with Crippen molar-refractivity contribution in [3.63, 3.8) is 0 Å². The van der Waals surface area contributed by atoms with Gasteiger partial charge in [0, 0.05) is 46.7 Å². The Labute approximate surface area is 240 Å². The lowest BCUT2D eigenvalue weighted by Gasteiger charge is -2.64. The first-order valence-electron chi connectivity index (χ1n) is 14.6. The third-order valence-electron chi connectivity index (χ3n) is 12.4. The average Bonchev–Trinajstić information content (AvgIpc) is 3.25. The highest BCUT2D eigenvalue weighted by molar-refractivity contribution is 5.88. The predicted octanol–water partition coefficient (Wildman–Crippen LogP) is 3.91. The minimum atomic E-state index is -1.66. The molecule has 0 aromatic carbocycles. The van der Waals surface area contributed by atoms with Crippen LogP contribution in [0.1, 0.15) is 59.4 Å². The molecule has 5 fully saturated rings. The molecule has 1 aromatic heterocycles. The lowest BCUT2D eigenvalue weighted by molar-refractivity contribution is -0.272. The molecule has 7 rings (SSSR count). The topological polar surface area (TPSA) is 117 Å². The second-order valence-electron chi connectivity index (χ2n) is 13.9. The highest BCUT2D eigenvalue weighted by Gasteiger charge is 2.91. The van der Waals surface area contributed by atoms with Gasteiger partial charge in [0.05, 0.1) is 36.8 Å². The van der Waals surface area contributed by atoms with Gasteiger partial charge in [0.15, 0.2) is 12.1 Å². The Kier molecular flexibility index (Phi) is 5.50. The molecule has 4 heterocycles. The number of aldehydes is 1. The van der Waals surface area contributed by atoms with E-state index in [1.54, 1.807) is 45.6 Å². The van der Waals surface area contributed by atoms with Gasteiger partial charge < -0.3 is 38.0 Å². The third kappa shape index (κ3) is 2.86. The monoisotopic (exact) mass is 568 g/mol. The molecule has 41 heavy (non-hydrogen) atoms. The standard InChI is InChI=1S/C32H40O9/c1-8-17(2)25(34)39-24-21-22-27(3,16-38-21)10-11-31(35)29(22,5)23(26(36-7)41-31)30(24,6)32-20(40-32)13-19(28(32,4)15-33)18-9-12-37-14-18/h8-12,14-15,19-24,26,35H,13,16H2,1-7H3/b17-8+/t19-,20+,21+,22-,23-,24+,26+,27-,28-,29-,30-,31-,32+/m0/s1. The van der Waals surface area contributed by atoms with Crippen LogP contribution in [0.3, 0.4) is 0 Å². The number of ether oxygens (including phenoxy) is 5. The number of aliphatic hydroxyl groups is 1. The number of carbonyl (C=O) groups excluding carboxylic acids is 2. The summed E-state index contributed by atoms with van der Waals surface area (Å²) in [4.78, 5) is 26.9. The Morgan fingerprint density at radius 1 is 1.12 bits per heavy atom. The lowest BCUT2D eigenvalue weighted by Crippen LogP contribution is -2.74. The smallest absolute Gasteiger partial charge is 0.333 e. The van der Waals surface area contributed by atoms with Gasteiger partial charge in [-0.15, -0.1) is 0 Å².